The summed E-state index contributed by atoms with van der Waals surface area (Å²) in [5.74, 6) is -0.348. The Bertz CT molecular complexity index is 1430. The minimum Gasteiger partial charge on any atom is -0.296 e. The van der Waals surface area contributed by atoms with Gasteiger partial charge >= 0.3 is 0 Å². The van der Waals surface area contributed by atoms with Gasteiger partial charge in [-0.25, -0.2) is 8.42 Å². The molecule has 1 N–H and O–H groups in total. The Hall–Kier alpha value is -3.44. The minimum absolute atomic E-state index is 0.0389. The van der Waals surface area contributed by atoms with Crippen molar-refractivity contribution in [2.75, 3.05) is 31.5 Å². The van der Waals surface area contributed by atoms with Crippen LogP contribution in [0.2, 0.25) is 0 Å². The molecule has 2 heterocycles. The summed E-state index contributed by atoms with van der Waals surface area (Å²) in [6.07, 6.45) is 0. The number of hydrogen-bond acceptors (Lipinski definition) is 7. The molecular formula is C27H27N5O3S2. The first-order valence-electron chi connectivity index (χ1n) is 12.0. The molecule has 3 aromatic carbocycles. The van der Waals surface area contributed by atoms with Crippen molar-refractivity contribution in [2.45, 2.75) is 17.3 Å². The molecule has 0 radical (unpaired) electrons. The third-order valence-corrected chi connectivity index (χ3v) is 9.53. The summed E-state index contributed by atoms with van der Waals surface area (Å²) in [7, 11) is -3.83. The number of nitrogens with one attached hydrogen (secondary N) is 1. The maximum Gasteiger partial charge on any atom is 0.272 e. The molecule has 1 aliphatic heterocycles. The highest BCUT2D eigenvalue weighted by Crippen LogP contribution is 2.31. The highest BCUT2D eigenvalue weighted by Gasteiger charge is 2.34. The fourth-order valence-electron chi connectivity index (χ4n) is 4.55. The first kappa shape index (κ1) is 25.2. The Balaban J connectivity index is 1.28. The van der Waals surface area contributed by atoms with Crippen molar-refractivity contribution in [3.8, 4) is 0 Å². The molecule has 1 amide bonds. The lowest BCUT2D eigenvalue weighted by atomic mass is 9.96. The molecular weight excluding hydrogens is 506 g/mol. The number of benzene rings is 3. The molecule has 5 rings (SSSR count). The summed E-state index contributed by atoms with van der Waals surface area (Å²) in [5.41, 5.74) is 3.66. The van der Waals surface area contributed by atoms with Crippen molar-refractivity contribution in [2.24, 2.45) is 0 Å². The van der Waals surface area contributed by atoms with E-state index >= 15 is 0 Å². The molecule has 37 heavy (non-hydrogen) atoms. The van der Waals surface area contributed by atoms with Gasteiger partial charge in [0.1, 0.15) is 0 Å². The third-order valence-electron chi connectivity index (χ3n) is 6.45. The van der Waals surface area contributed by atoms with E-state index in [2.05, 4.69) is 44.7 Å². The first-order chi connectivity index (χ1) is 17.9. The molecule has 8 nitrogen and oxygen atoms in total. The van der Waals surface area contributed by atoms with Crippen LogP contribution in [0.5, 0.6) is 0 Å². The smallest absolute Gasteiger partial charge is 0.272 e. The van der Waals surface area contributed by atoms with Gasteiger partial charge in [-0.2, -0.15) is 4.31 Å². The maximum atomic E-state index is 13.3. The number of nitrogens with zero attached hydrogens (tertiary/aromatic N) is 4. The minimum atomic E-state index is -3.83. The summed E-state index contributed by atoms with van der Waals surface area (Å²) in [4.78, 5) is 14.9. The van der Waals surface area contributed by atoms with Crippen LogP contribution in [-0.4, -0.2) is 59.9 Å². The van der Waals surface area contributed by atoms with E-state index in [-0.39, 0.29) is 21.4 Å². The SMILES string of the molecule is Cc1ccccc1C(=O)Nc1nnc(S(=O)(=O)N2CCN(C(c3ccccc3)c3ccccc3)CC2)s1. The van der Waals surface area contributed by atoms with Gasteiger partial charge < -0.3 is 0 Å². The maximum absolute atomic E-state index is 13.3. The number of carbonyl (C=O) groups excluding carboxylic acids is 1. The van der Waals surface area contributed by atoms with E-state index in [1.54, 1.807) is 12.1 Å². The molecule has 0 aliphatic carbocycles. The number of aryl methyl sites for hydroxylation is 1. The number of hydrogen-bond donors (Lipinski definition) is 1. The molecule has 4 aromatic rings. The fraction of sp³-hybridized carbons (Fsp3) is 0.222. The molecule has 0 unspecified atom stereocenters. The van der Waals surface area contributed by atoms with Crippen LogP contribution in [0.1, 0.15) is 33.1 Å². The van der Waals surface area contributed by atoms with E-state index in [0.717, 1.165) is 16.9 Å². The Morgan fingerprint density at radius 2 is 1.41 bits per heavy atom. The second-order valence-corrected chi connectivity index (χ2v) is 11.9. The summed E-state index contributed by atoms with van der Waals surface area (Å²) < 4.78 is 28.0. The molecule has 10 heteroatoms. The van der Waals surface area contributed by atoms with Crippen LogP contribution in [0, 0.1) is 6.92 Å². The molecule has 1 fully saturated rings. The number of sulfonamides is 1. The van der Waals surface area contributed by atoms with Gasteiger partial charge in [0.15, 0.2) is 0 Å². The van der Waals surface area contributed by atoms with Gasteiger partial charge in [0.25, 0.3) is 15.9 Å². The largest absolute Gasteiger partial charge is 0.296 e. The van der Waals surface area contributed by atoms with E-state index in [0.29, 0.717) is 31.7 Å². The van der Waals surface area contributed by atoms with Crippen LogP contribution in [0.15, 0.2) is 89.3 Å². The van der Waals surface area contributed by atoms with Crippen LogP contribution in [0.3, 0.4) is 0 Å². The van der Waals surface area contributed by atoms with Crippen molar-refractivity contribution in [3.05, 3.63) is 107 Å². The lowest BCUT2D eigenvalue weighted by Crippen LogP contribution is -2.49. The summed E-state index contributed by atoms with van der Waals surface area (Å²) >= 11 is 0.866. The number of rotatable bonds is 7. The second-order valence-electron chi connectivity index (χ2n) is 8.81. The number of carbonyl (C=O) groups is 1. The van der Waals surface area contributed by atoms with E-state index in [1.165, 1.54) is 15.4 Å². The zero-order chi connectivity index (χ0) is 25.8. The molecule has 0 spiro atoms. The Labute approximate surface area is 220 Å². The van der Waals surface area contributed by atoms with Crippen LogP contribution in [0.25, 0.3) is 0 Å². The third kappa shape index (κ3) is 5.47. The normalized spacial score (nSPS) is 15.1. The van der Waals surface area contributed by atoms with Crippen molar-refractivity contribution in [1.82, 2.24) is 19.4 Å². The van der Waals surface area contributed by atoms with Crippen molar-refractivity contribution < 1.29 is 13.2 Å². The lowest BCUT2D eigenvalue weighted by molar-refractivity contribution is 0.102. The molecule has 1 aliphatic rings. The number of piperazine rings is 1. The van der Waals surface area contributed by atoms with Crippen LogP contribution >= 0.6 is 11.3 Å². The van der Waals surface area contributed by atoms with Crippen LogP contribution in [-0.2, 0) is 10.0 Å². The van der Waals surface area contributed by atoms with Gasteiger partial charge in [0.05, 0.1) is 6.04 Å². The number of amides is 1. The zero-order valence-corrected chi connectivity index (χ0v) is 22.0. The molecule has 190 valence electrons. The van der Waals surface area contributed by atoms with E-state index < -0.39 is 10.0 Å². The summed E-state index contributed by atoms with van der Waals surface area (Å²) in [5, 5.41) is 10.6. The monoisotopic (exact) mass is 533 g/mol. The fourth-order valence-corrected chi connectivity index (χ4v) is 7.01. The van der Waals surface area contributed by atoms with Gasteiger partial charge in [0, 0.05) is 31.7 Å². The highest BCUT2D eigenvalue weighted by molar-refractivity contribution is 7.91. The zero-order valence-electron chi connectivity index (χ0n) is 20.3. The molecule has 1 saturated heterocycles. The lowest BCUT2D eigenvalue weighted by Gasteiger charge is -2.38. The Morgan fingerprint density at radius 1 is 0.838 bits per heavy atom. The standard InChI is InChI=1S/C27H27N5O3S2/c1-20-10-8-9-15-23(20)25(33)28-26-29-30-27(36-26)37(34,35)32-18-16-31(17-19-32)24(21-11-4-2-5-12-21)22-13-6-3-7-14-22/h2-15,24H,16-19H2,1H3,(H,28,29,33). The van der Waals surface area contributed by atoms with E-state index in [1.807, 2.05) is 55.5 Å². The average molecular weight is 534 g/mol. The predicted octanol–water partition coefficient (Wildman–Crippen LogP) is 4.19. The van der Waals surface area contributed by atoms with E-state index in [9.17, 15) is 13.2 Å². The van der Waals surface area contributed by atoms with Gasteiger partial charge in [-0.3, -0.25) is 15.0 Å². The number of aromatic nitrogens is 2. The van der Waals surface area contributed by atoms with Crippen molar-refractivity contribution in [3.63, 3.8) is 0 Å². The predicted molar refractivity (Wildman–Crippen MR) is 144 cm³/mol. The average Bonchev–Trinajstić information content (AvgIpc) is 3.40. The van der Waals surface area contributed by atoms with Crippen molar-refractivity contribution in [1.29, 1.82) is 0 Å². The highest BCUT2D eigenvalue weighted by atomic mass is 32.2. The van der Waals surface area contributed by atoms with Crippen LogP contribution in [0.4, 0.5) is 5.13 Å². The number of anilines is 1. The molecule has 0 saturated carbocycles. The Morgan fingerprint density at radius 3 is 2.00 bits per heavy atom. The molecule has 0 atom stereocenters. The summed E-state index contributed by atoms with van der Waals surface area (Å²) in [6, 6.07) is 27.7. The van der Waals surface area contributed by atoms with E-state index in [4.69, 9.17) is 0 Å². The molecule has 1 aromatic heterocycles. The first-order valence-corrected chi connectivity index (χ1v) is 14.2. The topological polar surface area (TPSA) is 95.5 Å². The van der Waals surface area contributed by atoms with Gasteiger partial charge in [-0.15, -0.1) is 10.2 Å². The van der Waals surface area contributed by atoms with Crippen molar-refractivity contribution >= 4 is 32.4 Å². The second kappa shape index (κ2) is 10.9. The summed E-state index contributed by atoms with van der Waals surface area (Å²) in [6.45, 7) is 3.66. The van der Waals surface area contributed by atoms with Gasteiger partial charge in [0.2, 0.25) is 9.47 Å². The Kier molecular flexibility index (Phi) is 7.43. The van der Waals surface area contributed by atoms with Gasteiger partial charge in [-0.05, 0) is 29.7 Å². The van der Waals surface area contributed by atoms with Gasteiger partial charge in [-0.1, -0.05) is 90.2 Å². The van der Waals surface area contributed by atoms with Crippen LogP contribution < -0.4 is 5.32 Å². The molecule has 0 bridgehead atoms. The quantitative estimate of drug-likeness (QED) is 0.358.